The van der Waals surface area contributed by atoms with Crippen LogP contribution < -0.4 is 0 Å². The zero-order chi connectivity index (χ0) is 41.0. The van der Waals surface area contributed by atoms with E-state index in [4.69, 9.17) is 0 Å². The van der Waals surface area contributed by atoms with Gasteiger partial charge in [-0.1, -0.05) is 176 Å². The van der Waals surface area contributed by atoms with Crippen molar-refractivity contribution in [2.45, 2.75) is 0 Å². The molecule has 10 aromatic carbocycles. The van der Waals surface area contributed by atoms with Crippen LogP contribution in [-0.2, 0) is 0 Å². The lowest BCUT2D eigenvalue weighted by atomic mass is 9.94. The van der Waals surface area contributed by atoms with Crippen molar-refractivity contribution in [1.29, 1.82) is 0 Å². The summed E-state index contributed by atoms with van der Waals surface area (Å²) in [6, 6.07) is 88.4. The highest BCUT2D eigenvalue weighted by atomic mass is 15.0. The van der Waals surface area contributed by atoms with Crippen LogP contribution in [0.15, 0.2) is 243 Å². The van der Waals surface area contributed by atoms with E-state index in [9.17, 15) is 0 Å². The fourth-order valence-corrected chi connectivity index (χ4v) is 9.61. The Balaban J connectivity index is 0.992. The van der Waals surface area contributed by atoms with Crippen molar-refractivity contribution in [1.82, 2.24) is 9.13 Å². The van der Waals surface area contributed by atoms with E-state index in [-0.39, 0.29) is 0 Å². The molecule has 0 radical (unpaired) electrons. The third-order valence-corrected chi connectivity index (χ3v) is 12.5. The van der Waals surface area contributed by atoms with Crippen LogP contribution in [0.1, 0.15) is 0 Å². The number of aromatic nitrogens is 2. The molecule has 0 aliphatic carbocycles. The summed E-state index contributed by atoms with van der Waals surface area (Å²) in [5.41, 5.74) is 19.1. The minimum absolute atomic E-state index is 1.14. The molecule has 0 N–H and O–H groups in total. The zero-order valence-electron chi connectivity index (χ0n) is 34.0. The van der Waals surface area contributed by atoms with Gasteiger partial charge in [0.1, 0.15) is 0 Å². The van der Waals surface area contributed by atoms with Gasteiger partial charge >= 0.3 is 0 Å². The molecule has 62 heavy (non-hydrogen) atoms. The minimum Gasteiger partial charge on any atom is -0.309 e. The molecule has 0 amide bonds. The Hall–Kier alpha value is -8.20. The molecule has 0 fully saturated rings. The van der Waals surface area contributed by atoms with Crippen molar-refractivity contribution in [3.05, 3.63) is 243 Å². The first-order chi connectivity index (χ1) is 30.7. The van der Waals surface area contributed by atoms with Crippen LogP contribution in [0.2, 0.25) is 0 Å². The van der Waals surface area contributed by atoms with Gasteiger partial charge in [0.15, 0.2) is 0 Å². The molecular weight excluding hydrogens is 749 g/mol. The molecule has 2 heterocycles. The molecule has 0 saturated heterocycles. The second kappa shape index (κ2) is 14.8. The van der Waals surface area contributed by atoms with E-state index in [0.717, 1.165) is 11.4 Å². The summed E-state index contributed by atoms with van der Waals surface area (Å²) >= 11 is 0. The van der Waals surface area contributed by atoms with Crippen LogP contribution in [0.4, 0.5) is 0 Å². The van der Waals surface area contributed by atoms with E-state index < -0.39 is 0 Å². The second-order valence-electron chi connectivity index (χ2n) is 16.1. The van der Waals surface area contributed by atoms with E-state index in [1.165, 1.54) is 99.2 Å². The van der Waals surface area contributed by atoms with Crippen LogP contribution in [0.5, 0.6) is 0 Å². The van der Waals surface area contributed by atoms with E-state index in [0.29, 0.717) is 0 Å². The van der Waals surface area contributed by atoms with Crippen LogP contribution in [0.25, 0.3) is 111 Å². The summed E-state index contributed by atoms with van der Waals surface area (Å²) in [6.45, 7) is 0. The van der Waals surface area contributed by atoms with E-state index in [1.807, 2.05) is 0 Å². The van der Waals surface area contributed by atoms with Gasteiger partial charge in [0.05, 0.1) is 22.1 Å². The Kier molecular flexibility index (Phi) is 8.53. The molecule has 290 valence electrons. The predicted molar refractivity (Wildman–Crippen MR) is 262 cm³/mol. The van der Waals surface area contributed by atoms with Crippen molar-refractivity contribution in [2.24, 2.45) is 0 Å². The molecule has 2 heteroatoms. The predicted octanol–water partition coefficient (Wildman–Crippen LogP) is 16.2. The number of para-hydroxylation sites is 2. The van der Waals surface area contributed by atoms with E-state index in [1.54, 1.807) is 0 Å². The molecule has 2 aromatic heterocycles. The first-order valence-electron chi connectivity index (χ1n) is 21.3. The summed E-state index contributed by atoms with van der Waals surface area (Å²) in [5.74, 6) is 0. The topological polar surface area (TPSA) is 9.86 Å². The molecule has 0 spiro atoms. The summed E-state index contributed by atoms with van der Waals surface area (Å²) < 4.78 is 4.86. The van der Waals surface area contributed by atoms with Gasteiger partial charge in [-0.15, -0.1) is 0 Å². The quantitative estimate of drug-likeness (QED) is 0.152. The fourth-order valence-electron chi connectivity index (χ4n) is 9.61. The van der Waals surface area contributed by atoms with Crippen molar-refractivity contribution in [3.8, 4) is 67.0 Å². The molecule has 0 atom stereocenters. The van der Waals surface area contributed by atoms with Crippen molar-refractivity contribution >= 4 is 43.6 Å². The van der Waals surface area contributed by atoms with Crippen molar-refractivity contribution in [2.75, 3.05) is 0 Å². The average Bonchev–Trinajstić information content (AvgIpc) is 3.87. The third-order valence-electron chi connectivity index (χ3n) is 12.5. The number of nitrogens with zero attached hydrogens (tertiary/aromatic N) is 2. The van der Waals surface area contributed by atoms with Gasteiger partial charge in [-0.25, -0.2) is 0 Å². The van der Waals surface area contributed by atoms with Gasteiger partial charge in [-0.2, -0.15) is 0 Å². The summed E-state index contributed by atoms with van der Waals surface area (Å²) in [7, 11) is 0. The van der Waals surface area contributed by atoms with E-state index in [2.05, 4.69) is 252 Å². The van der Waals surface area contributed by atoms with Crippen LogP contribution in [0, 0.1) is 0 Å². The standard InChI is InChI=1S/C60H40N2/c1-4-17-41(18-5-1)47-35-48(42-19-6-2-7-20-42)38-50(37-47)62-58-30-15-13-28-54(58)56-40-45(32-34-60(56)62)44-31-33-59-55(39-44)53-27-12-14-29-57(53)61(59)49-24-16-23-46(36-49)52-26-11-10-25-51(52)43-21-8-3-9-22-43/h1-40H. The van der Waals surface area contributed by atoms with Gasteiger partial charge in [0.2, 0.25) is 0 Å². The number of fused-ring (bicyclic) bond motifs is 6. The lowest BCUT2D eigenvalue weighted by molar-refractivity contribution is 1.18. The largest absolute Gasteiger partial charge is 0.309 e. The molecule has 0 aliphatic rings. The lowest BCUT2D eigenvalue weighted by Gasteiger charge is -2.14. The first kappa shape index (κ1) is 35.7. The number of benzene rings is 10. The molecule has 0 aliphatic heterocycles. The molecule has 12 aromatic rings. The highest BCUT2D eigenvalue weighted by molar-refractivity contribution is 6.13. The Bertz CT molecular complexity index is 3550. The van der Waals surface area contributed by atoms with Gasteiger partial charge < -0.3 is 9.13 Å². The minimum atomic E-state index is 1.14. The first-order valence-corrected chi connectivity index (χ1v) is 21.3. The lowest BCUT2D eigenvalue weighted by Crippen LogP contribution is -1.96. The van der Waals surface area contributed by atoms with Crippen LogP contribution >= 0.6 is 0 Å². The highest BCUT2D eigenvalue weighted by Crippen LogP contribution is 2.41. The maximum atomic E-state index is 2.44. The van der Waals surface area contributed by atoms with Gasteiger partial charge in [-0.3, -0.25) is 0 Å². The molecule has 0 saturated carbocycles. The molecule has 12 rings (SSSR count). The van der Waals surface area contributed by atoms with Gasteiger partial charge in [0, 0.05) is 32.9 Å². The maximum absolute atomic E-state index is 2.44. The normalized spacial score (nSPS) is 11.5. The summed E-state index contributed by atoms with van der Waals surface area (Å²) in [6.07, 6.45) is 0. The Labute approximate surface area is 360 Å². The Morgan fingerprint density at radius 3 is 1.15 bits per heavy atom. The van der Waals surface area contributed by atoms with Gasteiger partial charge in [-0.05, 0) is 122 Å². The van der Waals surface area contributed by atoms with E-state index >= 15 is 0 Å². The second-order valence-corrected chi connectivity index (χ2v) is 16.1. The Morgan fingerprint density at radius 1 is 0.194 bits per heavy atom. The number of rotatable bonds is 7. The number of hydrogen-bond acceptors (Lipinski definition) is 0. The fraction of sp³-hybridized carbons (Fsp3) is 0. The molecule has 0 bridgehead atoms. The SMILES string of the molecule is c1ccc(-c2cc(-c3ccccc3)cc(-n3c4ccccc4c4cc(-c5ccc6c(c5)c5ccccc5n6-c5cccc(-c6ccccc6-c6ccccc6)c5)ccc43)c2)cc1. The average molecular weight is 789 g/mol. The number of hydrogen-bond donors (Lipinski definition) is 0. The van der Waals surface area contributed by atoms with Gasteiger partial charge in [0.25, 0.3) is 0 Å². The Morgan fingerprint density at radius 2 is 0.597 bits per heavy atom. The summed E-state index contributed by atoms with van der Waals surface area (Å²) in [5, 5.41) is 4.95. The maximum Gasteiger partial charge on any atom is 0.0541 e. The van der Waals surface area contributed by atoms with Crippen molar-refractivity contribution < 1.29 is 0 Å². The highest BCUT2D eigenvalue weighted by Gasteiger charge is 2.18. The molecular formula is C60H40N2. The zero-order valence-corrected chi connectivity index (χ0v) is 34.0. The smallest absolute Gasteiger partial charge is 0.0541 e. The van der Waals surface area contributed by atoms with Crippen LogP contribution in [0.3, 0.4) is 0 Å². The third kappa shape index (κ3) is 6.04. The molecule has 0 unspecified atom stereocenters. The summed E-state index contributed by atoms with van der Waals surface area (Å²) in [4.78, 5) is 0. The van der Waals surface area contributed by atoms with Crippen LogP contribution in [-0.4, -0.2) is 9.13 Å². The molecule has 2 nitrogen and oxygen atoms in total. The monoisotopic (exact) mass is 788 g/mol. The van der Waals surface area contributed by atoms with Crippen molar-refractivity contribution in [3.63, 3.8) is 0 Å².